The molecular weight excluding hydrogens is 228 g/mol. The fourth-order valence-electron chi connectivity index (χ4n) is 1.36. The maximum absolute atomic E-state index is 11.3. The molecule has 0 aliphatic carbocycles. The number of carbonyl (C=O) groups excluding carboxylic acids is 1. The summed E-state index contributed by atoms with van der Waals surface area (Å²) in [6, 6.07) is 9.33. The molecule has 18 heavy (non-hydrogen) atoms. The van der Waals surface area contributed by atoms with Gasteiger partial charge in [-0.15, -0.1) is 0 Å². The summed E-state index contributed by atoms with van der Waals surface area (Å²) < 4.78 is 4.82. The molecule has 0 bridgehead atoms. The van der Waals surface area contributed by atoms with E-state index in [-0.39, 0.29) is 5.97 Å². The highest BCUT2D eigenvalue weighted by molar-refractivity contribution is 5.88. The first-order valence-electron chi connectivity index (χ1n) is 5.72. The lowest BCUT2D eigenvalue weighted by Gasteiger charge is -2.07. The van der Waals surface area contributed by atoms with Crippen LogP contribution >= 0.6 is 0 Å². The van der Waals surface area contributed by atoms with E-state index < -0.39 is 0 Å². The number of hydrogen-bond donors (Lipinski definition) is 1. The van der Waals surface area contributed by atoms with Gasteiger partial charge >= 0.3 is 5.97 Å². The minimum absolute atomic E-state index is 0.355. The van der Waals surface area contributed by atoms with Crippen LogP contribution in [0.4, 0.5) is 0 Å². The minimum Gasteiger partial charge on any atom is -0.463 e. The smallest absolute Gasteiger partial charge is 0.334 e. The molecule has 0 radical (unpaired) electrons. The highest BCUT2D eigenvalue weighted by Crippen LogP contribution is 2.03. The van der Waals surface area contributed by atoms with E-state index in [1.807, 2.05) is 12.1 Å². The summed E-state index contributed by atoms with van der Waals surface area (Å²) in [4.78, 5) is 11.3. The number of ether oxygens (including phenoxy) is 1. The van der Waals surface area contributed by atoms with Crippen molar-refractivity contribution in [3.63, 3.8) is 0 Å². The van der Waals surface area contributed by atoms with Gasteiger partial charge in [0.15, 0.2) is 0 Å². The predicted molar refractivity (Wildman–Crippen MR) is 68.6 cm³/mol. The van der Waals surface area contributed by atoms with Gasteiger partial charge in [-0.1, -0.05) is 18.7 Å². The number of carbonyl (C=O) groups is 1. The molecule has 0 saturated heterocycles. The van der Waals surface area contributed by atoms with Crippen LogP contribution in [0.25, 0.3) is 0 Å². The Bertz CT molecular complexity index is 458. The van der Waals surface area contributed by atoms with Crippen LogP contribution in [-0.2, 0) is 16.1 Å². The lowest BCUT2D eigenvalue weighted by atomic mass is 10.1. The van der Waals surface area contributed by atoms with Gasteiger partial charge in [0.25, 0.3) is 0 Å². The summed E-state index contributed by atoms with van der Waals surface area (Å²) in [5.41, 5.74) is 2.09. The molecule has 1 N–H and O–H groups in total. The number of nitriles is 1. The van der Waals surface area contributed by atoms with Gasteiger partial charge in [0.2, 0.25) is 0 Å². The van der Waals surface area contributed by atoms with Gasteiger partial charge in [0, 0.05) is 18.7 Å². The lowest BCUT2D eigenvalue weighted by molar-refractivity contribution is -0.138. The molecule has 0 aromatic heterocycles. The van der Waals surface area contributed by atoms with Crippen LogP contribution in [0.5, 0.6) is 0 Å². The summed E-state index contributed by atoms with van der Waals surface area (Å²) >= 11 is 0. The zero-order valence-electron chi connectivity index (χ0n) is 10.4. The van der Waals surface area contributed by atoms with Gasteiger partial charge in [0.1, 0.15) is 0 Å². The van der Waals surface area contributed by atoms with Gasteiger partial charge in [0.05, 0.1) is 18.2 Å². The van der Waals surface area contributed by atoms with E-state index in [1.165, 1.54) is 0 Å². The Morgan fingerprint density at radius 3 is 2.67 bits per heavy atom. The van der Waals surface area contributed by atoms with Crippen LogP contribution in [0, 0.1) is 11.3 Å². The van der Waals surface area contributed by atoms with Crippen molar-refractivity contribution >= 4 is 5.97 Å². The molecule has 0 aliphatic heterocycles. The van der Waals surface area contributed by atoms with E-state index in [2.05, 4.69) is 18.0 Å². The largest absolute Gasteiger partial charge is 0.463 e. The quantitative estimate of drug-likeness (QED) is 0.612. The van der Waals surface area contributed by atoms with E-state index in [9.17, 15) is 4.79 Å². The third-order valence-corrected chi connectivity index (χ3v) is 2.31. The maximum atomic E-state index is 11.3. The second-order valence-corrected chi connectivity index (χ2v) is 3.74. The number of rotatable bonds is 6. The number of nitrogens with zero attached hydrogens (tertiary/aromatic N) is 1. The third-order valence-electron chi connectivity index (χ3n) is 2.31. The monoisotopic (exact) mass is 244 g/mol. The number of hydrogen-bond acceptors (Lipinski definition) is 4. The summed E-state index contributed by atoms with van der Waals surface area (Å²) in [6.07, 6.45) is 0. The molecule has 0 unspecified atom stereocenters. The molecule has 0 amide bonds. The van der Waals surface area contributed by atoms with Gasteiger partial charge in [-0.25, -0.2) is 4.79 Å². The van der Waals surface area contributed by atoms with E-state index in [1.54, 1.807) is 19.1 Å². The molecule has 0 aliphatic rings. The molecule has 4 nitrogen and oxygen atoms in total. The molecule has 1 rings (SSSR count). The van der Waals surface area contributed by atoms with E-state index in [0.717, 1.165) is 5.56 Å². The summed E-state index contributed by atoms with van der Waals surface area (Å²) in [5.74, 6) is -0.371. The van der Waals surface area contributed by atoms with Crippen LogP contribution in [0.15, 0.2) is 36.4 Å². The number of nitrogens with one attached hydrogen (secondary N) is 1. The highest BCUT2D eigenvalue weighted by atomic mass is 16.5. The minimum atomic E-state index is -0.371. The fraction of sp³-hybridized carbons (Fsp3) is 0.286. The van der Waals surface area contributed by atoms with Gasteiger partial charge in [-0.2, -0.15) is 5.26 Å². The topological polar surface area (TPSA) is 62.1 Å². The second-order valence-electron chi connectivity index (χ2n) is 3.74. The third kappa shape index (κ3) is 4.40. The first-order valence-corrected chi connectivity index (χ1v) is 5.72. The normalized spacial score (nSPS) is 9.56. The van der Waals surface area contributed by atoms with Crippen molar-refractivity contribution in [1.82, 2.24) is 5.32 Å². The van der Waals surface area contributed by atoms with E-state index >= 15 is 0 Å². The predicted octanol–water partition coefficient (Wildman–Crippen LogP) is 1.77. The fourth-order valence-corrected chi connectivity index (χ4v) is 1.36. The van der Waals surface area contributed by atoms with Gasteiger partial charge in [-0.3, -0.25) is 0 Å². The number of benzene rings is 1. The Labute approximate surface area is 107 Å². The molecule has 1 aromatic carbocycles. The van der Waals surface area contributed by atoms with Crippen molar-refractivity contribution in [2.24, 2.45) is 0 Å². The van der Waals surface area contributed by atoms with E-state index in [0.29, 0.717) is 30.8 Å². The Hall–Kier alpha value is -2.12. The second kappa shape index (κ2) is 7.25. The Morgan fingerprint density at radius 1 is 1.44 bits per heavy atom. The molecule has 0 saturated carbocycles. The molecule has 0 atom stereocenters. The zero-order chi connectivity index (χ0) is 13.4. The molecule has 1 aromatic rings. The Morgan fingerprint density at radius 2 is 2.11 bits per heavy atom. The standard InChI is InChI=1S/C14H16N2O2/c1-3-18-14(17)11(2)9-16-10-13-6-4-12(8-15)5-7-13/h4-7,16H,2-3,9-10H2,1H3. The van der Waals surface area contributed by atoms with Crippen molar-refractivity contribution in [2.75, 3.05) is 13.2 Å². The molecule has 0 spiro atoms. The Kier molecular flexibility index (Phi) is 5.62. The first-order chi connectivity index (χ1) is 8.67. The SMILES string of the molecule is C=C(CNCc1ccc(C#N)cc1)C(=O)OCC. The zero-order valence-corrected chi connectivity index (χ0v) is 10.4. The van der Waals surface area contributed by atoms with Crippen LogP contribution in [-0.4, -0.2) is 19.1 Å². The summed E-state index contributed by atoms with van der Waals surface area (Å²) in [5, 5.41) is 11.8. The van der Waals surface area contributed by atoms with Crippen molar-refractivity contribution in [1.29, 1.82) is 5.26 Å². The van der Waals surface area contributed by atoms with Crippen LogP contribution in [0.3, 0.4) is 0 Å². The average molecular weight is 244 g/mol. The number of esters is 1. The van der Waals surface area contributed by atoms with Crippen molar-refractivity contribution < 1.29 is 9.53 Å². The van der Waals surface area contributed by atoms with Crippen LogP contribution < -0.4 is 5.32 Å². The van der Waals surface area contributed by atoms with Crippen molar-refractivity contribution in [2.45, 2.75) is 13.5 Å². The van der Waals surface area contributed by atoms with Crippen LogP contribution in [0.1, 0.15) is 18.1 Å². The molecular formula is C14H16N2O2. The van der Waals surface area contributed by atoms with E-state index in [4.69, 9.17) is 10.00 Å². The van der Waals surface area contributed by atoms with Crippen molar-refractivity contribution in [3.05, 3.63) is 47.5 Å². The first kappa shape index (κ1) is 13.9. The molecule has 4 heteroatoms. The molecule has 94 valence electrons. The van der Waals surface area contributed by atoms with Gasteiger partial charge < -0.3 is 10.1 Å². The lowest BCUT2D eigenvalue weighted by Crippen LogP contribution is -2.21. The highest BCUT2D eigenvalue weighted by Gasteiger charge is 2.06. The van der Waals surface area contributed by atoms with Gasteiger partial charge in [-0.05, 0) is 24.6 Å². The Balaban J connectivity index is 2.35. The average Bonchev–Trinajstić information content (AvgIpc) is 2.39. The summed E-state index contributed by atoms with van der Waals surface area (Å²) in [6.45, 7) is 6.77. The van der Waals surface area contributed by atoms with Crippen molar-refractivity contribution in [3.8, 4) is 6.07 Å². The molecule has 0 heterocycles. The van der Waals surface area contributed by atoms with Crippen LogP contribution in [0.2, 0.25) is 0 Å². The summed E-state index contributed by atoms with van der Waals surface area (Å²) in [7, 11) is 0. The maximum Gasteiger partial charge on any atom is 0.334 e. The molecule has 0 fully saturated rings.